The molecule has 560 valence electrons. The van der Waals surface area contributed by atoms with Gasteiger partial charge in [0.15, 0.2) is 22.6 Å². The van der Waals surface area contributed by atoms with E-state index in [0.29, 0.717) is 0 Å². The van der Waals surface area contributed by atoms with E-state index in [2.05, 4.69) is 132 Å². The highest BCUT2D eigenvalue weighted by Gasteiger charge is 2.30. The van der Waals surface area contributed by atoms with Crippen molar-refractivity contribution in [3.05, 3.63) is 285 Å². The second-order valence-corrected chi connectivity index (χ2v) is 27.4. The van der Waals surface area contributed by atoms with E-state index in [9.17, 15) is 0 Å². The summed E-state index contributed by atoms with van der Waals surface area (Å²) in [5.74, 6) is 5.33. The highest BCUT2D eigenvalue weighted by atomic mass is 16.3. The Labute approximate surface area is 637 Å². The molecule has 26 nitrogen and oxygen atoms in total. The van der Waals surface area contributed by atoms with E-state index < -0.39 is 0 Å². The van der Waals surface area contributed by atoms with E-state index in [1.165, 1.54) is 44.5 Å². The Morgan fingerprint density at radius 3 is 1.71 bits per heavy atom. The highest BCUT2D eigenvalue weighted by Crippen LogP contribution is 2.23. The van der Waals surface area contributed by atoms with Crippen LogP contribution in [0.3, 0.4) is 0 Å². The number of furan rings is 4. The van der Waals surface area contributed by atoms with Gasteiger partial charge in [-0.1, -0.05) is 18.2 Å². The van der Waals surface area contributed by atoms with Gasteiger partial charge in [0.25, 0.3) is 0 Å². The number of allylic oxidation sites excluding steroid dienone is 4. The fourth-order valence-electron chi connectivity index (χ4n) is 11.5. The zero-order valence-corrected chi connectivity index (χ0v) is 65.9. The maximum absolute atomic E-state index is 5.34. The van der Waals surface area contributed by atoms with E-state index in [1.54, 1.807) is 21.6 Å². The summed E-state index contributed by atoms with van der Waals surface area (Å²) in [5.41, 5.74) is 22.7. The smallest absolute Gasteiger partial charge is 0.226 e. The number of pyridine rings is 8. The van der Waals surface area contributed by atoms with Gasteiger partial charge in [-0.05, 0) is 283 Å². The molecule has 20 rings (SSSR count). The largest absolute Gasteiger partial charge is 0.446 e. The lowest BCUT2D eigenvalue weighted by Gasteiger charge is -2.06. The molecule has 20 heterocycles. The lowest BCUT2D eigenvalue weighted by Crippen LogP contribution is -2.24. The van der Waals surface area contributed by atoms with E-state index in [4.69, 9.17) is 17.7 Å². The van der Waals surface area contributed by atoms with Crippen LogP contribution in [0.1, 0.15) is 118 Å². The molecule has 0 amide bonds. The predicted octanol–water partition coefficient (Wildman–Crippen LogP) is 18.5. The molecule has 0 bridgehead atoms. The standard InChI is InChI=1S/4C9H9NO.2C8H9N3.C8H10N3.2C8H9N3.C8H10N3/c1-6-3-8-4-7(2)11-9(8)10-5-6;1-6-3-8-7(2)5-11-9(8)10-4-6;1-6-5-11-9-8(6)4-3-7(2)10-9;1-6-3-4-8-5-7(2)11-9(8)10-6;1-6-3-4-11-7(2)9-10-8(11)5-6;1-6-3-4-11-8(5-6)9-7(2)10-11;1-6-3-4-11-8(5-6)7(2)9-10-11;1-6-3-4-8-10-9-7(2)11(8)5-6;1-6-3-4-8-9-7(2)10-11(8)5-6;1-6-3-4-8-7(2)9-10-11(8)5-6/h6*3-5H,1-2H3;3-5,8H,1-2H3;2*3-5H,1-2H3;3-5,8H,1-2H3/q;;;;;;+1;;;+1. The molecule has 4 aliphatic rings. The van der Waals surface area contributed by atoms with Gasteiger partial charge in [-0.15, -0.1) is 29.8 Å². The molecule has 0 aromatic carbocycles. The van der Waals surface area contributed by atoms with E-state index in [0.717, 1.165) is 136 Å². The first-order valence-electron chi connectivity index (χ1n) is 35.9. The van der Waals surface area contributed by atoms with Crippen molar-refractivity contribution < 1.29 is 27.1 Å². The summed E-state index contributed by atoms with van der Waals surface area (Å²) in [6, 6.07) is 32.8. The second-order valence-electron chi connectivity index (χ2n) is 27.4. The molecule has 0 saturated heterocycles. The first kappa shape index (κ1) is 77.8. The van der Waals surface area contributed by atoms with Crippen LogP contribution in [0.25, 0.3) is 67.0 Å². The SMILES string of the molecule is CC1=CC2C(C)=NN=[N+]2C=C1.CC1=C[N+]2=NN=C(C)C2C=C1.Cc1ccc2c(C)coc2n1.Cc1ccc2cc(C)oc2n1.Cc1ccc2nc(C)nn2c1.Cc1ccc2nnc(C)n2c1.Cc1ccn2c(C)nnc2c1.Cc1ccn2nc(C)nc2c1.Cc1cnc2oc(C)cc2c1.Cc1cnc2occ(C)c2c1. The van der Waals surface area contributed by atoms with Crippen LogP contribution >= 0.6 is 0 Å². The van der Waals surface area contributed by atoms with Crippen LogP contribution in [0.2, 0.25) is 0 Å². The lowest BCUT2D eigenvalue weighted by atomic mass is 10.1. The van der Waals surface area contributed by atoms with Crippen molar-refractivity contribution in [2.45, 2.75) is 151 Å². The maximum atomic E-state index is 5.34. The van der Waals surface area contributed by atoms with Crippen molar-refractivity contribution in [2.24, 2.45) is 20.6 Å². The molecule has 0 radical (unpaired) electrons. The van der Waals surface area contributed by atoms with Crippen molar-refractivity contribution in [2.75, 3.05) is 0 Å². The zero-order valence-electron chi connectivity index (χ0n) is 65.9. The molecule has 0 spiro atoms. The summed E-state index contributed by atoms with van der Waals surface area (Å²) in [4.78, 5) is 25.2. The van der Waals surface area contributed by atoms with Gasteiger partial charge in [-0.3, -0.25) is 8.80 Å². The lowest BCUT2D eigenvalue weighted by molar-refractivity contribution is -0.535. The van der Waals surface area contributed by atoms with Crippen LogP contribution in [-0.2, 0) is 0 Å². The molecule has 2 atom stereocenters. The van der Waals surface area contributed by atoms with Crippen LogP contribution in [0.4, 0.5) is 0 Å². The van der Waals surface area contributed by atoms with Crippen molar-refractivity contribution in [3.63, 3.8) is 0 Å². The Balaban J connectivity index is 0.000000121. The van der Waals surface area contributed by atoms with Gasteiger partial charge in [-0.25, -0.2) is 38.9 Å². The van der Waals surface area contributed by atoms with Gasteiger partial charge in [0.2, 0.25) is 46.4 Å². The van der Waals surface area contributed by atoms with Crippen LogP contribution < -0.4 is 0 Å². The Morgan fingerprint density at radius 1 is 0.400 bits per heavy atom. The summed E-state index contributed by atoms with van der Waals surface area (Å²) in [5, 5.41) is 44.5. The monoisotopic (exact) mass is 1470 g/mol. The highest BCUT2D eigenvalue weighted by molar-refractivity contribution is 5.89. The maximum Gasteiger partial charge on any atom is 0.226 e. The molecular weight excluding hydrogens is 1380 g/mol. The Hall–Kier alpha value is -13.3. The summed E-state index contributed by atoms with van der Waals surface area (Å²) >= 11 is 0. The van der Waals surface area contributed by atoms with Gasteiger partial charge in [0, 0.05) is 84.0 Å². The summed E-state index contributed by atoms with van der Waals surface area (Å²) in [7, 11) is 0. The summed E-state index contributed by atoms with van der Waals surface area (Å²) in [6.45, 7) is 39.8. The van der Waals surface area contributed by atoms with Gasteiger partial charge in [0.05, 0.1) is 22.7 Å². The first-order chi connectivity index (χ1) is 52.6. The molecule has 2 unspecified atom stereocenters. The number of aromatic nitrogens is 16. The predicted molar refractivity (Wildman–Crippen MR) is 429 cm³/mol. The molecule has 110 heavy (non-hydrogen) atoms. The molecule has 0 fully saturated rings. The minimum Gasteiger partial charge on any atom is -0.446 e. The Morgan fingerprint density at radius 2 is 0.973 bits per heavy atom. The topological polar surface area (TPSA) is 280 Å². The van der Waals surface area contributed by atoms with E-state index >= 15 is 0 Å². The van der Waals surface area contributed by atoms with Gasteiger partial charge < -0.3 is 17.7 Å². The van der Waals surface area contributed by atoms with Crippen LogP contribution in [-0.4, -0.2) is 111 Å². The van der Waals surface area contributed by atoms with Gasteiger partial charge >= 0.3 is 0 Å². The normalized spacial score (nSPS) is 14.1. The minimum atomic E-state index is 0.277. The number of nitrogens with zero attached hydrogens (tertiary/aromatic N) is 22. The molecule has 4 aliphatic heterocycles. The fourth-order valence-corrected chi connectivity index (χ4v) is 11.5. The molecule has 0 aliphatic carbocycles. The third-order valence-corrected chi connectivity index (χ3v) is 17.3. The molecular formula is C84H92N22O4+2. The van der Waals surface area contributed by atoms with E-state index in [1.807, 2.05) is 276 Å². The minimum absolute atomic E-state index is 0.277. The molecule has 0 saturated carbocycles. The van der Waals surface area contributed by atoms with Crippen molar-refractivity contribution in [1.82, 2.24) is 78.3 Å². The van der Waals surface area contributed by atoms with Gasteiger partial charge in [-0.2, -0.15) is 10.2 Å². The molecule has 26 heteroatoms. The Kier molecular flexibility index (Phi) is 24.7. The third-order valence-electron chi connectivity index (χ3n) is 17.3. The molecule has 0 N–H and O–H groups in total. The Bertz CT molecular complexity index is 5720. The van der Waals surface area contributed by atoms with Crippen LogP contribution in [0.5, 0.6) is 0 Å². The van der Waals surface area contributed by atoms with Gasteiger partial charge in [0.1, 0.15) is 57.7 Å². The molecule has 16 aromatic rings. The van der Waals surface area contributed by atoms with Crippen LogP contribution in [0.15, 0.2) is 233 Å². The third kappa shape index (κ3) is 20.3. The zero-order chi connectivity index (χ0) is 78.4. The average molecular weight is 1470 g/mol. The number of rotatable bonds is 0. The quantitative estimate of drug-likeness (QED) is 0.128. The first-order valence-corrected chi connectivity index (χ1v) is 35.9. The fraction of sp³-hybridized carbons (Fsp3) is 0.262. The van der Waals surface area contributed by atoms with Crippen molar-refractivity contribution >= 4 is 78.4 Å². The van der Waals surface area contributed by atoms with Crippen molar-refractivity contribution in [3.8, 4) is 0 Å². The van der Waals surface area contributed by atoms with Crippen molar-refractivity contribution in [1.29, 1.82) is 0 Å². The second kappa shape index (κ2) is 35.0. The number of hydrogen-bond donors (Lipinski definition) is 0. The average Bonchev–Trinajstić information content (AvgIpc) is 1.65. The molecule has 16 aromatic heterocycles. The summed E-state index contributed by atoms with van der Waals surface area (Å²) in [6.07, 6.45) is 27.4. The summed E-state index contributed by atoms with van der Waals surface area (Å²) < 4.78 is 32.3. The van der Waals surface area contributed by atoms with Crippen LogP contribution in [0, 0.1) is 111 Å². The van der Waals surface area contributed by atoms with E-state index in [-0.39, 0.29) is 12.1 Å². The number of fused-ring (bicyclic) bond motifs is 10. The number of aryl methyl sites for hydroxylation is 16. The number of hydrogen-bond acceptors (Lipinski definition) is 20.